The van der Waals surface area contributed by atoms with Gasteiger partial charge in [0.25, 0.3) is 5.91 Å². The van der Waals surface area contributed by atoms with Gasteiger partial charge in [0.2, 0.25) is 0 Å². The molecule has 1 amide bonds. The van der Waals surface area contributed by atoms with E-state index in [1.165, 1.54) is 11.3 Å². The molecule has 0 bridgehead atoms. The summed E-state index contributed by atoms with van der Waals surface area (Å²) in [7, 11) is 0. The number of hydrogen-bond donors (Lipinski definition) is 0. The van der Waals surface area contributed by atoms with Crippen LogP contribution in [0.2, 0.25) is 0 Å². The molecule has 26 heavy (non-hydrogen) atoms. The third-order valence-electron chi connectivity index (χ3n) is 4.48. The van der Waals surface area contributed by atoms with Crippen molar-refractivity contribution in [3.8, 4) is 11.1 Å². The molecule has 1 aromatic carbocycles. The zero-order valence-electron chi connectivity index (χ0n) is 15.0. The summed E-state index contributed by atoms with van der Waals surface area (Å²) in [5, 5.41) is 1.97. The topological polar surface area (TPSA) is 49.9 Å². The first-order chi connectivity index (χ1) is 12.7. The molecule has 1 aromatic heterocycles. The molecule has 1 fully saturated rings. The Morgan fingerprint density at radius 2 is 1.88 bits per heavy atom. The van der Waals surface area contributed by atoms with Crippen LogP contribution in [0.1, 0.15) is 23.0 Å². The highest BCUT2D eigenvalue weighted by atomic mass is 32.1. The van der Waals surface area contributed by atoms with E-state index >= 15 is 0 Å². The molecule has 1 aliphatic rings. The van der Waals surface area contributed by atoms with Crippen LogP contribution < -0.4 is 0 Å². The summed E-state index contributed by atoms with van der Waals surface area (Å²) in [6, 6.07) is 12.0. The third-order valence-corrected chi connectivity index (χ3v) is 5.38. The van der Waals surface area contributed by atoms with E-state index in [1.807, 2.05) is 53.6 Å². The molecular weight excluding hydrogens is 348 g/mol. The Bertz CT molecular complexity index is 745. The molecule has 2 heterocycles. The fraction of sp³-hybridized carbons (Fsp3) is 0.400. The first-order valence-corrected chi connectivity index (χ1v) is 9.87. The normalized spacial score (nSPS) is 15.5. The molecule has 5 nitrogen and oxygen atoms in total. The van der Waals surface area contributed by atoms with Gasteiger partial charge in [-0.05, 0) is 30.4 Å². The third kappa shape index (κ3) is 4.51. The predicted molar refractivity (Wildman–Crippen MR) is 103 cm³/mol. The highest BCUT2D eigenvalue weighted by molar-refractivity contribution is 7.12. The van der Waals surface area contributed by atoms with Crippen LogP contribution in [0.25, 0.3) is 11.1 Å². The van der Waals surface area contributed by atoms with Gasteiger partial charge in [-0.2, -0.15) is 0 Å². The lowest BCUT2D eigenvalue weighted by Gasteiger charge is -2.21. The number of ether oxygens (including phenoxy) is 1. The maximum Gasteiger partial charge on any atom is 0.320 e. The standard InChI is InChI=1S/C20H24N2O3S/c1-2-25-18(23)15-21-10-6-11-22(13-12-21)20(24)19-17(9-14-26-19)16-7-4-3-5-8-16/h3-5,7-9,14H,2,6,10-13,15H2,1H3. The second kappa shape index (κ2) is 8.96. The lowest BCUT2D eigenvalue weighted by atomic mass is 10.1. The number of carbonyl (C=O) groups is 2. The lowest BCUT2D eigenvalue weighted by Crippen LogP contribution is -2.37. The van der Waals surface area contributed by atoms with Crippen LogP contribution in [0.3, 0.4) is 0 Å². The molecule has 3 rings (SSSR count). The smallest absolute Gasteiger partial charge is 0.320 e. The average molecular weight is 372 g/mol. The molecule has 0 atom stereocenters. The minimum atomic E-state index is -0.197. The van der Waals surface area contributed by atoms with Crippen molar-refractivity contribution in [3.05, 3.63) is 46.7 Å². The summed E-state index contributed by atoms with van der Waals surface area (Å²) in [5.41, 5.74) is 2.06. The van der Waals surface area contributed by atoms with E-state index in [1.54, 1.807) is 0 Å². The summed E-state index contributed by atoms with van der Waals surface area (Å²) in [5.74, 6) is -0.117. The van der Waals surface area contributed by atoms with Crippen molar-refractivity contribution in [1.82, 2.24) is 9.80 Å². The van der Waals surface area contributed by atoms with E-state index in [4.69, 9.17) is 4.74 Å². The van der Waals surface area contributed by atoms with E-state index in [9.17, 15) is 9.59 Å². The van der Waals surface area contributed by atoms with E-state index in [0.717, 1.165) is 29.0 Å². The minimum absolute atomic E-state index is 0.0804. The van der Waals surface area contributed by atoms with Crippen LogP contribution in [0.15, 0.2) is 41.8 Å². The summed E-state index contributed by atoms with van der Waals surface area (Å²) in [6.07, 6.45) is 0.858. The van der Waals surface area contributed by atoms with E-state index in [-0.39, 0.29) is 11.9 Å². The van der Waals surface area contributed by atoms with Crippen molar-refractivity contribution in [2.45, 2.75) is 13.3 Å². The molecule has 1 saturated heterocycles. The maximum absolute atomic E-state index is 13.1. The molecule has 0 radical (unpaired) electrons. The first-order valence-electron chi connectivity index (χ1n) is 8.99. The van der Waals surface area contributed by atoms with Gasteiger partial charge in [-0.1, -0.05) is 30.3 Å². The number of rotatable bonds is 5. The number of nitrogens with zero attached hydrogens (tertiary/aromatic N) is 2. The van der Waals surface area contributed by atoms with Crippen molar-refractivity contribution >= 4 is 23.2 Å². The molecular formula is C20H24N2O3S. The summed E-state index contributed by atoms with van der Waals surface area (Å²) in [6.45, 7) is 5.35. The average Bonchev–Trinajstić information content (AvgIpc) is 3.03. The van der Waals surface area contributed by atoms with Crippen LogP contribution in [0, 0.1) is 0 Å². The van der Waals surface area contributed by atoms with Crippen molar-refractivity contribution in [2.24, 2.45) is 0 Å². The fourth-order valence-corrected chi connectivity index (χ4v) is 4.07. The SMILES string of the molecule is CCOC(=O)CN1CCCN(C(=O)c2sccc2-c2ccccc2)CC1. The summed E-state index contributed by atoms with van der Waals surface area (Å²) < 4.78 is 5.02. The molecule has 0 aliphatic carbocycles. The predicted octanol–water partition coefficient (Wildman–Crippen LogP) is 3.13. The van der Waals surface area contributed by atoms with Crippen LogP contribution >= 0.6 is 11.3 Å². The van der Waals surface area contributed by atoms with Crippen LogP contribution in [0.4, 0.5) is 0 Å². The van der Waals surface area contributed by atoms with Gasteiger partial charge in [-0.3, -0.25) is 14.5 Å². The molecule has 0 unspecified atom stereocenters. The zero-order chi connectivity index (χ0) is 18.4. The number of carbonyl (C=O) groups excluding carboxylic acids is 2. The molecule has 0 saturated carbocycles. The van der Waals surface area contributed by atoms with Gasteiger partial charge in [0.1, 0.15) is 0 Å². The van der Waals surface area contributed by atoms with Crippen LogP contribution in [0.5, 0.6) is 0 Å². The Kier molecular flexibility index (Phi) is 6.41. The maximum atomic E-state index is 13.1. The number of benzene rings is 1. The Morgan fingerprint density at radius 3 is 2.65 bits per heavy atom. The zero-order valence-corrected chi connectivity index (χ0v) is 15.8. The number of hydrogen-bond acceptors (Lipinski definition) is 5. The fourth-order valence-electron chi connectivity index (χ4n) is 3.18. The quantitative estimate of drug-likeness (QED) is 0.757. The van der Waals surface area contributed by atoms with Gasteiger partial charge in [-0.25, -0.2) is 0 Å². The van der Waals surface area contributed by atoms with E-state index < -0.39 is 0 Å². The Morgan fingerprint density at radius 1 is 1.08 bits per heavy atom. The monoisotopic (exact) mass is 372 g/mol. The van der Waals surface area contributed by atoms with Crippen molar-refractivity contribution < 1.29 is 14.3 Å². The lowest BCUT2D eigenvalue weighted by molar-refractivity contribution is -0.144. The van der Waals surface area contributed by atoms with Crippen molar-refractivity contribution in [2.75, 3.05) is 39.3 Å². The second-order valence-corrected chi connectivity index (χ2v) is 7.17. The highest BCUT2D eigenvalue weighted by Gasteiger charge is 2.24. The highest BCUT2D eigenvalue weighted by Crippen LogP contribution is 2.29. The summed E-state index contributed by atoms with van der Waals surface area (Å²) in [4.78, 5) is 29.5. The van der Waals surface area contributed by atoms with Gasteiger partial charge in [0.05, 0.1) is 18.0 Å². The largest absolute Gasteiger partial charge is 0.465 e. The van der Waals surface area contributed by atoms with E-state index in [2.05, 4.69) is 4.90 Å². The molecule has 6 heteroatoms. The van der Waals surface area contributed by atoms with Crippen LogP contribution in [-0.4, -0.2) is 61.0 Å². The van der Waals surface area contributed by atoms with Gasteiger partial charge in [-0.15, -0.1) is 11.3 Å². The van der Waals surface area contributed by atoms with Crippen molar-refractivity contribution in [3.63, 3.8) is 0 Å². The van der Waals surface area contributed by atoms with Gasteiger partial charge < -0.3 is 9.64 Å². The van der Waals surface area contributed by atoms with E-state index in [0.29, 0.717) is 32.8 Å². The molecule has 2 aromatic rings. The minimum Gasteiger partial charge on any atom is -0.465 e. The number of thiophene rings is 1. The Labute approximate surface area is 158 Å². The number of amides is 1. The Hall–Kier alpha value is -2.18. The molecule has 0 spiro atoms. The Balaban J connectivity index is 1.66. The van der Waals surface area contributed by atoms with Gasteiger partial charge in [0, 0.05) is 31.7 Å². The summed E-state index contributed by atoms with van der Waals surface area (Å²) >= 11 is 1.49. The van der Waals surface area contributed by atoms with Gasteiger partial charge >= 0.3 is 5.97 Å². The first kappa shape index (κ1) is 18.6. The van der Waals surface area contributed by atoms with Gasteiger partial charge in [0.15, 0.2) is 0 Å². The van der Waals surface area contributed by atoms with Crippen molar-refractivity contribution in [1.29, 1.82) is 0 Å². The molecule has 0 N–H and O–H groups in total. The number of esters is 1. The second-order valence-electron chi connectivity index (χ2n) is 6.26. The molecule has 138 valence electrons. The molecule has 1 aliphatic heterocycles. The van der Waals surface area contributed by atoms with Crippen LogP contribution in [-0.2, 0) is 9.53 Å².